The predicted octanol–water partition coefficient (Wildman–Crippen LogP) is 3.31. The smallest absolute Gasteiger partial charge is 0.231 e. The van der Waals surface area contributed by atoms with Gasteiger partial charge in [0.25, 0.3) is 0 Å². The van der Waals surface area contributed by atoms with Crippen LogP contribution in [0.3, 0.4) is 0 Å². The Morgan fingerprint density at radius 2 is 2.00 bits per heavy atom. The third-order valence-electron chi connectivity index (χ3n) is 3.41. The minimum Gasteiger partial charge on any atom is -0.454 e. The van der Waals surface area contributed by atoms with Gasteiger partial charge < -0.3 is 14.8 Å². The first-order chi connectivity index (χ1) is 10.4. The van der Waals surface area contributed by atoms with Gasteiger partial charge in [-0.25, -0.2) is 4.98 Å². The van der Waals surface area contributed by atoms with Crippen molar-refractivity contribution in [1.82, 2.24) is 10.3 Å². The van der Waals surface area contributed by atoms with Crippen LogP contribution in [0.1, 0.15) is 10.6 Å². The van der Waals surface area contributed by atoms with Gasteiger partial charge in [-0.05, 0) is 18.2 Å². The summed E-state index contributed by atoms with van der Waals surface area (Å²) in [6.45, 7) is 1.80. The van der Waals surface area contributed by atoms with Gasteiger partial charge in [0.2, 0.25) is 6.79 Å². The fourth-order valence-electron chi connectivity index (χ4n) is 2.43. The lowest BCUT2D eigenvalue weighted by Crippen LogP contribution is -2.12. The summed E-state index contributed by atoms with van der Waals surface area (Å²) < 4.78 is 12.1. The number of para-hydroxylation sites is 2. The summed E-state index contributed by atoms with van der Waals surface area (Å²) in [5.41, 5.74) is 2.18. The number of nitrogens with zero attached hydrogens (tertiary/aromatic N) is 1. The normalized spacial score (nSPS) is 13.0. The van der Waals surface area contributed by atoms with Crippen LogP contribution in [0.15, 0.2) is 42.5 Å². The molecule has 2 heterocycles. The van der Waals surface area contributed by atoms with Gasteiger partial charge in [-0.3, -0.25) is 0 Å². The lowest BCUT2D eigenvalue weighted by Gasteiger charge is -2.06. The predicted molar refractivity (Wildman–Crippen MR) is 82.7 cm³/mol. The van der Waals surface area contributed by atoms with Crippen molar-refractivity contribution in [2.45, 2.75) is 13.1 Å². The van der Waals surface area contributed by atoms with Gasteiger partial charge in [-0.2, -0.15) is 0 Å². The summed E-state index contributed by atoms with van der Waals surface area (Å²) in [5.74, 6) is 1.68. The topological polar surface area (TPSA) is 43.4 Å². The highest BCUT2D eigenvalue weighted by Crippen LogP contribution is 2.35. The maximum absolute atomic E-state index is 5.51. The van der Waals surface area contributed by atoms with E-state index >= 15 is 0 Å². The zero-order chi connectivity index (χ0) is 14.1. The molecule has 0 atom stereocenters. The second-order valence-electron chi connectivity index (χ2n) is 4.83. The average molecular weight is 298 g/mol. The van der Waals surface area contributed by atoms with Crippen LogP contribution in [0.5, 0.6) is 11.5 Å². The Balaban J connectivity index is 1.45. The molecule has 5 heteroatoms. The van der Waals surface area contributed by atoms with E-state index in [0.717, 1.165) is 40.7 Å². The quantitative estimate of drug-likeness (QED) is 0.802. The maximum atomic E-state index is 5.51. The molecule has 0 spiro atoms. The van der Waals surface area contributed by atoms with Crippen molar-refractivity contribution in [3.8, 4) is 11.5 Å². The monoisotopic (exact) mass is 298 g/mol. The minimum absolute atomic E-state index is 0.310. The molecule has 1 N–H and O–H groups in total. The van der Waals surface area contributed by atoms with Crippen LogP contribution in [0, 0.1) is 0 Å². The van der Waals surface area contributed by atoms with Crippen molar-refractivity contribution in [2.24, 2.45) is 0 Å². The summed E-state index contributed by atoms with van der Waals surface area (Å²) >= 11 is 1.73. The molecule has 0 saturated carbocycles. The molecule has 1 aliphatic rings. The van der Waals surface area contributed by atoms with E-state index in [1.54, 1.807) is 11.3 Å². The Labute approximate surface area is 126 Å². The molecule has 0 saturated heterocycles. The van der Waals surface area contributed by atoms with Gasteiger partial charge >= 0.3 is 0 Å². The van der Waals surface area contributed by atoms with Crippen molar-refractivity contribution < 1.29 is 9.47 Å². The van der Waals surface area contributed by atoms with Crippen LogP contribution < -0.4 is 14.8 Å². The molecule has 4 rings (SSSR count). The van der Waals surface area contributed by atoms with Crippen molar-refractivity contribution in [3.63, 3.8) is 0 Å². The Bertz CT molecular complexity index is 752. The van der Waals surface area contributed by atoms with Crippen molar-refractivity contribution in [1.29, 1.82) is 0 Å². The van der Waals surface area contributed by atoms with Gasteiger partial charge in [-0.1, -0.05) is 24.3 Å². The van der Waals surface area contributed by atoms with Crippen LogP contribution in [0.2, 0.25) is 0 Å². The molecule has 1 aromatic heterocycles. The first-order valence-corrected chi connectivity index (χ1v) is 7.64. The number of hydrogen-bond acceptors (Lipinski definition) is 5. The Kier molecular flexibility index (Phi) is 3.21. The number of hydrogen-bond donors (Lipinski definition) is 1. The van der Waals surface area contributed by atoms with E-state index in [1.807, 2.05) is 30.3 Å². The number of fused-ring (bicyclic) bond motifs is 2. The second kappa shape index (κ2) is 5.35. The standard InChI is InChI=1S/C16H14N2O2S/c1-2-7-14-12(5-1)18-15(21-14)9-17-8-11-4-3-6-13-16(11)20-10-19-13/h1-7,17H,8-10H2. The van der Waals surface area contributed by atoms with Crippen LogP contribution in [0.4, 0.5) is 0 Å². The highest BCUT2D eigenvalue weighted by molar-refractivity contribution is 7.18. The van der Waals surface area contributed by atoms with Crippen LogP contribution in [-0.2, 0) is 13.1 Å². The number of thiazole rings is 1. The third kappa shape index (κ3) is 2.46. The highest BCUT2D eigenvalue weighted by atomic mass is 32.1. The Morgan fingerprint density at radius 3 is 2.95 bits per heavy atom. The number of aromatic nitrogens is 1. The van der Waals surface area contributed by atoms with Gasteiger partial charge in [0.05, 0.1) is 10.2 Å². The van der Waals surface area contributed by atoms with Crippen molar-refractivity contribution in [2.75, 3.05) is 6.79 Å². The number of ether oxygens (including phenoxy) is 2. The second-order valence-corrected chi connectivity index (χ2v) is 5.95. The van der Waals surface area contributed by atoms with Crippen LogP contribution >= 0.6 is 11.3 Å². The molecule has 3 aromatic rings. The molecule has 0 fully saturated rings. The maximum Gasteiger partial charge on any atom is 0.231 e. The average Bonchev–Trinajstić information content (AvgIpc) is 3.13. The molecular formula is C16H14N2O2S. The zero-order valence-corrected chi connectivity index (χ0v) is 12.2. The number of benzene rings is 2. The van der Waals surface area contributed by atoms with Gasteiger partial charge in [0.1, 0.15) is 5.01 Å². The lowest BCUT2D eigenvalue weighted by molar-refractivity contribution is 0.173. The fraction of sp³-hybridized carbons (Fsp3) is 0.188. The Hall–Kier alpha value is -2.11. The molecule has 0 bridgehead atoms. The van der Waals surface area contributed by atoms with Gasteiger partial charge in [0, 0.05) is 18.7 Å². The van der Waals surface area contributed by atoms with E-state index in [4.69, 9.17) is 9.47 Å². The molecule has 1 aliphatic heterocycles. The van der Waals surface area contributed by atoms with Crippen LogP contribution in [0.25, 0.3) is 10.2 Å². The highest BCUT2D eigenvalue weighted by Gasteiger charge is 2.16. The SMILES string of the molecule is c1cc(CNCc2nc3ccccc3s2)c2c(c1)OCO2. The van der Waals surface area contributed by atoms with Crippen LogP contribution in [-0.4, -0.2) is 11.8 Å². The fourth-order valence-corrected chi connectivity index (χ4v) is 3.37. The molecule has 0 unspecified atom stereocenters. The summed E-state index contributed by atoms with van der Waals surface area (Å²) in [6, 6.07) is 14.2. The van der Waals surface area contributed by atoms with Crippen molar-refractivity contribution >= 4 is 21.6 Å². The molecule has 4 nitrogen and oxygen atoms in total. The van der Waals surface area contributed by atoms with Gasteiger partial charge in [0.15, 0.2) is 11.5 Å². The van der Waals surface area contributed by atoms with E-state index in [9.17, 15) is 0 Å². The number of nitrogens with one attached hydrogen (secondary N) is 1. The summed E-state index contributed by atoms with van der Waals surface area (Å²) in [5, 5.41) is 4.52. The first-order valence-electron chi connectivity index (χ1n) is 6.83. The summed E-state index contributed by atoms with van der Waals surface area (Å²) in [6.07, 6.45) is 0. The summed E-state index contributed by atoms with van der Waals surface area (Å²) in [4.78, 5) is 4.62. The van der Waals surface area contributed by atoms with Crippen molar-refractivity contribution in [3.05, 3.63) is 53.0 Å². The molecule has 21 heavy (non-hydrogen) atoms. The largest absolute Gasteiger partial charge is 0.454 e. The zero-order valence-electron chi connectivity index (χ0n) is 11.3. The first kappa shape index (κ1) is 12.6. The third-order valence-corrected chi connectivity index (χ3v) is 4.44. The molecule has 0 radical (unpaired) electrons. The van der Waals surface area contributed by atoms with E-state index < -0.39 is 0 Å². The van der Waals surface area contributed by atoms with E-state index in [2.05, 4.69) is 22.4 Å². The lowest BCUT2D eigenvalue weighted by atomic mass is 10.2. The van der Waals surface area contributed by atoms with E-state index in [-0.39, 0.29) is 0 Å². The molecule has 0 aliphatic carbocycles. The summed E-state index contributed by atoms with van der Waals surface area (Å²) in [7, 11) is 0. The van der Waals surface area contributed by atoms with Gasteiger partial charge in [-0.15, -0.1) is 11.3 Å². The van der Waals surface area contributed by atoms with E-state index in [0.29, 0.717) is 6.79 Å². The molecule has 106 valence electrons. The minimum atomic E-state index is 0.310. The Morgan fingerprint density at radius 1 is 1.05 bits per heavy atom. The molecule has 2 aromatic carbocycles. The van der Waals surface area contributed by atoms with E-state index in [1.165, 1.54) is 4.70 Å². The molecular weight excluding hydrogens is 284 g/mol. The molecule has 0 amide bonds. The number of rotatable bonds is 4.